The molecule has 0 spiro atoms. The molecule has 0 bridgehead atoms. The maximum absolute atomic E-state index is 5.68. The summed E-state index contributed by atoms with van der Waals surface area (Å²) < 4.78 is 7.43. The lowest BCUT2D eigenvalue weighted by molar-refractivity contribution is 0.358. The van der Waals surface area contributed by atoms with Crippen molar-refractivity contribution in [3.63, 3.8) is 0 Å². The first-order valence-electron chi connectivity index (χ1n) is 7.72. The number of aryl methyl sites for hydroxylation is 1. The fraction of sp³-hybridized carbons (Fsp3) is 0.353. The first kappa shape index (κ1) is 17.5. The molecule has 2 aromatic rings. The molecule has 7 nitrogen and oxygen atoms in total. The first-order chi connectivity index (χ1) is 11.7. The third kappa shape index (κ3) is 4.58. The molecule has 0 radical (unpaired) electrons. The van der Waals surface area contributed by atoms with Crippen LogP contribution in [0.5, 0.6) is 5.75 Å². The van der Waals surface area contributed by atoms with E-state index in [0.29, 0.717) is 19.7 Å². The van der Waals surface area contributed by atoms with Crippen LogP contribution in [0.3, 0.4) is 0 Å². The Morgan fingerprint density at radius 2 is 2.25 bits per heavy atom. The van der Waals surface area contributed by atoms with Crippen molar-refractivity contribution in [2.75, 3.05) is 20.7 Å². The summed E-state index contributed by atoms with van der Waals surface area (Å²) in [5, 5.41) is 7.43. The lowest BCUT2D eigenvalue weighted by Crippen LogP contribution is -2.38. The van der Waals surface area contributed by atoms with Gasteiger partial charge in [0.2, 0.25) is 0 Å². The van der Waals surface area contributed by atoms with Gasteiger partial charge < -0.3 is 15.0 Å². The maximum atomic E-state index is 5.68. The fourth-order valence-corrected chi connectivity index (χ4v) is 2.25. The van der Waals surface area contributed by atoms with E-state index in [9.17, 15) is 0 Å². The molecule has 0 aliphatic carbocycles. The molecule has 24 heavy (non-hydrogen) atoms. The maximum Gasteiger partial charge on any atom is 0.194 e. The van der Waals surface area contributed by atoms with Gasteiger partial charge in [-0.3, -0.25) is 9.67 Å². The first-order valence-corrected chi connectivity index (χ1v) is 7.72. The number of aliphatic imine (C=N–C) groups is 1. The monoisotopic (exact) mass is 328 g/mol. The van der Waals surface area contributed by atoms with E-state index >= 15 is 0 Å². The summed E-state index contributed by atoms with van der Waals surface area (Å²) in [7, 11) is 5.60. The van der Waals surface area contributed by atoms with E-state index in [1.165, 1.54) is 0 Å². The number of ether oxygens (including phenoxy) is 1. The van der Waals surface area contributed by atoms with E-state index in [-0.39, 0.29) is 0 Å². The lowest BCUT2D eigenvalue weighted by Gasteiger charge is -2.22. The summed E-state index contributed by atoms with van der Waals surface area (Å²) in [5.41, 5.74) is 1.06. The van der Waals surface area contributed by atoms with Gasteiger partial charge in [-0.2, -0.15) is 5.10 Å². The number of nitrogens with one attached hydrogen (secondary N) is 1. The SMILES string of the molecule is C=CCOc1ccccc1CNC(=NC)N(C)Cc1ncnn1C. The van der Waals surface area contributed by atoms with Crippen molar-refractivity contribution in [2.45, 2.75) is 13.1 Å². The van der Waals surface area contributed by atoms with Gasteiger partial charge in [-0.15, -0.1) is 0 Å². The predicted molar refractivity (Wildman–Crippen MR) is 94.8 cm³/mol. The Hall–Kier alpha value is -2.83. The highest BCUT2D eigenvalue weighted by Gasteiger charge is 2.11. The van der Waals surface area contributed by atoms with E-state index < -0.39 is 0 Å². The smallest absolute Gasteiger partial charge is 0.194 e. The zero-order chi connectivity index (χ0) is 17.4. The third-order valence-corrected chi connectivity index (χ3v) is 3.52. The number of hydrogen-bond donors (Lipinski definition) is 1. The molecule has 1 aromatic heterocycles. The predicted octanol–water partition coefficient (Wildman–Crippen LogP) is 1.59. The topological polar surface area (TPSA) is 67.6 Å². The Morgan fingerprint density at radius 3 is 2.92 bits per heavy atom. The van der Waals surface area contributed by atoms with E-state index in [0.717, 1.165) is 23.1 Å². The molecule has 0 fully saturated rings. The minimum absolute atomic E-state index is 0.484. The molecule has 0 aliphatic rings. The van der Waals surface area contributed by atoms with Gasteiger partial charge in [0, 0.05) is 33.3 Å². The van der Waals surface area contributed by atoms with Crippen LogP contribution in [0.15, 0.2) is 48.2 Å². The minimum atomic E-state index is 0.484. The second-order valence-corrected chi connectivity index (χ2v) is 5.26. The normalized spacial score (nSPS) is 11.2. The van der Waals surface area contributed by atoms with Crippen molar-refractivity contribution in [3.05, 3.63) is 54.6 Å². The van der Waals surface area contributed by atoms with Gasteiger partial charge in [0.15, 0.2) is 5.96 Å². The van der Waals surface area contributed by atoms with Crippen LogP contribution in [0.4, 0.5) is 0 Å². The molecule has 7 heteroatoms. The van der Waals surface area contributed by atoms with Crippen LogP contribution in [-0.4, -0.2) is 46.3 Å². The van der Waals surface area contributed by atoms with Crippen LogP contribution in [0.25, 0.3) is 0 Å². The van der Waals surface area contributed by atoms with E-state index in [1.54, 1.807) is 24.1 Å². The van der Waals surface area contributed by atoms with Gasteiger partial charge >= 0.3 is 0 Å². The standard InChI is InChI=1S/C17H24N6O/c1-5-10-24-15-9-7-6-8-14(15)11-19-17(18-2)22(3)12-16-20-13-21-23(16)4/h5-9,13H,1,10-12H2,2-4H3,(H,18,19). The van der Waals surface area contributed by atoms with Gasteiger partial charge in [0.05, 0.1) is 6.54 Å². The highest BCUT2D eigenvalue weighted by molar-refractivity contribution is 5.79. The molecular formula is C17H24N6O. The highest BCUT2D eigenvalue weighted by atomic mass is 16.5. The van der Waals surface area contributed by atoms with Gasteiger partial charge in [-0.25, -0.2) is 4.98 Å². The molecule has 0 atom stereocenters. The molecule has 1 aromatic carbocycles. The van der Waals surface area contributed by atoms with E-state index in [4.69, 9.17) is 4.74 Å². The van der Waals surface area contributed by atoms with E-state index in [1.807, 2.05) is 43.3 Å². The van der Waals surface area contributed by atoms with E-state index in [2.05, 4.69) is 27.0 Å². The van der Waals surface area contributed by atoms with Gasteiger partial charge in [0.25, 0.3) is 0 Å². The average Bonchev–Trinajstić information content (AvgIpc) is 2.99. The summed E-state index contributed by atoms with van der Waals surface area (Å²) in [4.78, 5) is 10.6. The summed E-state index contributed by atoms with van der Waals surface area (Å²) in [5.74, 6) is 2.49. The lowest BCUT2D eigenvalue weighted by atomic mass is 10.2. The van der Waals surface area contributed by atoms with Crippen molar-refractivity contribution in [3.8, 4) is 5.75 Å². The summed E-state index contributed by atoms with van der Waals surface area (Å²) in [6.07, 6.45) is 3.28. The molecule has 1 heterocycles. The van der Waals surface area contributed by atoms with Crippen LogP contribution in [0.1, 0.15) is 11.4 Å². The van der Waals surface area contributed by atoms with Gasteiger partial charge in [0.1, 0.15) is 24.5 Å². The van der Waals surface area contributed by atoms with Crippen LogP contribution in [0, 0.1) is 0 Å². The number of guanidine groups is 1. The molecule has 0 aliphatic heterocycles. The second-order valence-electron chi connectivity index (χ2n) is 5.26. The summed E-state index contributed by atoms with van der Waals surface area (Å²) >= 11 is 0. The number of benzene rings is 1. The van der Waals surface area contributed by atoms with Crippen molar-refractivity contribution < 1.29 is 4.74 Å². The Morgan fingerprint density at radius 1 is 1.46 bits per heavy atom. The molecule has 2 rings (SSSR count). The average molecular weight is 328 g/mol. The third-order valence-electron chi connectivity index (χ3n) is 3.52. The number of nitrogens with zero attached hydrogens (tertiary/aromatic N) is 5. The summed E-state index contributed by atoms with van der Waals surface area (Å²) in [6, 6.07) is 7.93. The molecule has 0 saturated carbocycles. The second kappa shape index (κ2) is 8.71. The van der Waals surface area contributed by atoms with Crippen LogP contribution >= 0.6 is 0 Å². The fourth-order valence-electron chi connectivity index (χ4n) is 2.25. The number of rotatable bonds is 7. The Kier molecular flexibility index (Phi) is 6.36. The zero-order valence-electron chi connectivity index (χ0n) is 14.4. The summed E-state index contributed by atoms with van der Waals surface area (Å²) in [6.45, 7) is 5.39. The Labute approximate surface area is 142 Å². The minimum Gasteiger partial charge on any atom is -0.489 e. The molecule has 0 amide bonds. The number of aromatic nitrogens is 3. The zero-order valence-corrected chi connectivity index (χ0v) is 14.4. The van der Waals surface area contributed by atoms with Gasteiger partial charge in [-0.1, -0.05) is 30.9 Å². The van der Waals surface area contributed by atoms with Crippen molar-refractivity contribution in [2.24, 2.45) is 12.0 Å². The van der Waals surface area contributed by atoms with Crippen LogP contribution < -0.4 is 10.1 Å². The van der Waals surface area contributed by atoms with Crippen molar-refractivity contribution >= 4 is 5.96 Å². The van der Waals surface area contributed by atoms with Gasteiger partial charge in [-0.05, 0) is 6.07 Å². The molecule has 1 N–H and O–H groups in total. The number of para-hydroxylation sites is 1. The molecular weight excluding hydrogens is 304 g/mol. The quantitative estimate of drug-likeness (QED) is 0.475. The largest absolute Gasteiger partial charge is 0.489 e. The molecule has 0 saturated heterocycles. The Bertz CT molecular complexity index is 694. The van der Waals surface area contributed by atoms with Crippen LogP contribution in [-0.2, 0) is 20.1 Å². The molecule has 0 unspecified atom stereocenters. The van der Waals surface area contributed by atoms with Crippen LogP contribution in [0.2, 0.25) is 0 Å². The van der Waals surface area contributed by atoms with Crippen molar-refractivity contribution in [1.82, 2.24) is 25.0 Å². The molecule has 128 valence electrons. The van der Waals surface area contributed by atoms with Crippen molar-refractivity contribution in [1.29, 1.82) is 0 Å². The number of hydrogen-bond acceptors (Lipinski definition) is 4. The highest BCUT2D eigenvalue weighted by Crippen LogP contribution is 2.17. The Balaban J connectivity index is 1.99.